The van der Waals surface area contributed by atoms with Gasteiger partial charge < -0.3 is 51.8 Å². The maximum Gasteiger partial charge on any atom is 0.262 e. The summed E-state index contributed by atoms with van der Waals surface area (Å²) in [6.07, 6.45) is 1.82. The molecule has 4 aliphatic heterocycles. The molecule has 0 spiro atoms. The molecule has 4 bridgehead atoms. The molecule has 4 amide bonds. The van der Waals surface area contributed by atoms with E-state index in [9.17, 15) is 29.1 Å². The molecule has 88 heavy (non-hydrogen) atoms. The first-order chi connectivity index (χ1) is 42.9. The fraction of sp³-hybridized carbons (Fsp3) is 0.243. The summed E-state index contributed by atoms with van der Waals surface area (Å²) < 4.78 is 42.0. The van der Waals surface area contributed by atoms with E-state index in [-0.39, 0.29) is 66.7 Å². The van der Waals surface area contributed by atoms with Gasteiger partial charge in [-0.25, -0.2) is 0 Å². The predicted molar refractivity (Wildman–Crippen MR) is 331 cm³/mol. The van der Waals surface area contributed by atoms with Crippen LogP contribution in [0.5, 0.6) is 34.5 Å². The highest BCUT2D eigenvalue weighted by Gasteiger charge is 2.49. The number of rotatable bonds is 10. The third-order valence-corrected chi connectivity index (χ3v) is 19.8. The van der Waals surface area contributed by atoms with Crippen molar-refractivity contribution in [2.45, 2.75) is 69.0 Å². The van der Waals surface area contributed by atoms with E-state index in [2.05, 4.69) is 18.3 Å². The van der Waals surface area contributed by atoms with Crippen LogP contribution in [-0.2, 0) is 17.9 Å². The Labute approximate surface area is 501 Å². The molecular weight excluding hydrogens is 1120 g/mol. The molecule has 1 N–H and O–H groups in total. The second-order valence-electron chi connectivity index (χ2n) is 23.8. The standard InChI is InChI=1S/C35H29N3O6.C35H27N3O6/c2*1-42-19-6-4-17(5-7-19)16-36-34(40)30-28-22-14-20(43-2)8-10-24(22)37-18-12-26(27(39)13-18)38-25-11-9-21(44-3)15-23(25)29(31(30)35(36)41)33(38)32(28)37/h4-11,14-15,18,26-27,39H,12-13,16H2,1-3H3;4-11,14-15,18,26H,12-13,16H2,1-3H3/t18-,26?,27+;18-,26?/m00/s1. The van der Waals surface area contributed by atoms with Gasteiger partial charge >= 0.3 is 0 Å². The fourth-order valence-corrected chi connectivity index (χ4v) is 16.0. The molecule has 18 rings (SSSR count). The van der Waals surface area contributed by atoms with Crippen molar-refractivity contribution in [3.8, 4) is 34.5 Å². The van der Waals surface area contributed by atoms with Crippen molar-refractivity contribution in [2.75, 3.05) is 42.7 Å². The average Bonchev–Trinajstić information content (AvgIpc) is 1.56. The molecule has 18 nitrogen and oxygen atoms in total. The van der Waals surface area contributed by atoms with Gasteiger partial charge in [0.15, 0.2) is 5.78 Å². The minimum Gasteiger partial charge on any atom is -0.497 e. The number of imide groups is 2. The molecule has 0 radical (unpaired) electrons. The Balaban J connectivity index is 0.000000137. The van der Waals surface area contributed by atoms with Crippen LogP contribution in [0.25, 0.3) is 87.2 Å². The van der Waals surface area contributed by atoms with E-state index in [1.54, 1.807) is 42.7 Å². The maximum atomic E-state index is 14.6. The molecule has 438 valence electrons. The van der Waals surface area contributed by atoms with Crippen molar-refractivity contribution in [2.24, 2.45) is 0 Å². The molecule has 6 aliphatic rings. The zero-order valence-electron chi connectivity index (χ0n) is 48.8. The Morgan fingerprint density at radius 1 is 0.386 bits per heavy atom. The first-order valence-electron chi connectivity index (χ1n) is 29.4. The lowest BCUT2D eigenvalue weighted by Crippen LogP contribution is -2.29. The van der Waals surface area contributed by atoms with Crippen LogP contribution in [0.3, 0.4) is 0 Å². The van der Waals surface area contributed by atoms with Crippen molar-refractivity contribution < 1.29 is 57.5 Å². The van der Waals surface area contributed by atoms with Gasteiger partial charge in [0.25, 0.3) is 23.6 Å². The van der Waals surface area contributed by atoms with Gasteiger partial charge in [-0.15, -0.1) is 0 Å². The van der Waals surface area contributed by atoms with Crippen molar-refractivity contribution in [3.63, 3.8) is 0 Å². The topological polar surface area (TPSA) is 187 Å². The van der Waals surface area contributed by atoms with Crippen molar-refractivity contribution >= 4 is 117 Å². The second kappa shape index (κ2) is 18.6. The zero-order chi connectivity index (χ0) is 60.0. The quantitative estimate of drug-likeness (QED) is 0.128. The van der Waals surface area contributed by atoms with Gasteiger partial charge in [0.1, 0.15) is 34.5 Å². The molecule has 8 heterocycles. The lowest BCUT2D eigenvalue weighted by molar-refractivity contribution is -0.120. The van der Waals surface area contributed by atoms with Crippen LogP contribution < -0.4 is 28.4 Å². The molecule has 2 saturated carbocycles. The first-order valence-corrected chi connectivity index (χ1v) is 29.4. The number of hydrogen-bond donors (Lipinski definition) is 1. The lowest BCUT2D eigenvalue weighted by atomic mass is 9.96. The SMILES string of the molecule is COc1ccc(CN2C(=O)c3c(c4c5cc(OC)ccc5n5c4c4c3c3cc(OC)ccc3n4C3C[C@H]5CC3=O)C2=O)cc1.COc1ccc(CN2C(=O)c3c(c4c5cc(OC)ccc5n5c4c4c3c3cc(OC)ccc3n4C3C[C@H]5C[C@H]3O)C2=O)cc1. The van der Waals surface area contributed by atoms with Gasteiger partial charge in [-0.1, -0.05) is 24.3 Å². The zero-order valence-corrected chi connectivity index (χ0v) is 48.8. The van der Waals surface area contributed by atoms with Gasteiger partial charge in [0, 0.05) is 78.1 Å². The summed E-state index contributed by atoms with van der Waals surface area (Å²) in [5.41, 5.74) is 10.3. The number of ether oxygens (including phenoxy) is 6. The molecule has 5 atom stereocenters. The molecule has 2 fully saturated rings. The van der Waals surface area contributed by atoms with Crippen LogP contribution >= 0.6 is 0 Å². The number of fused-ring (bicyclic) bond motifs is 26. The number of aliphatic hydroxyl groups excluding tert-OH is 1. The average molecular weight is 1170 g/mol. The monoisotopic (exact) mass is 1170 g/mol. The predicted octanol–water partition coefficient (Wildman–Crippen LogP) is 12.2. The second-order valence-corrected chi connectivity index (χ2v) is 23.8. The van der Waals surface area contributed by atoms with Gasteiger partial charge in [-0.3, -0.25) is 33.8 Å². The Kier molecular flexibility index (Phi) is 11.0. The number of aromatic nitrogens is 4. The highest BCUT2D eigenvalue weighted by molar-refractivity contribution is 6.41. The van der Waals surface area contributed by atoms with Crippen molar-refractivity contribution in [1.82, 2.24) is 28.1 Å². The minimum absolute atomic E-state index is 0.0282. The Morgan fingerprint density at radius 3 is 1.10 bits per heavy atom. The summed E-state index contributed by atoms with van der Waals surface area (Å²) in [6, 6.07) is 37.6. The van der Waals surface area contributed by atoms with E-state index in [0.717, 1.165) is 99.4 Å². The van der Waals surface area contributed by atoms with Gasteiger partial charge in [-0.2, -0.15) is 0 Å². The van der Waals surface area contributed by atoms with Gasteiger partial charge in [0.2, 0.25) is 0 Å². The number of benzene rings is 8. The van der Waals surface area contributed by atoms with E-state index in [1.807, 2.05) is 121 Å². The number of methoxy groups -OCH3 is 6. The summed E-state index contributed by atoms with van der Waals surface area (Å²) in [6.45, 7) is 0.250. The van der Waals surface area contributed by atoms with Crippen LogP contribution in [0.2, 0.25) is 0 Å². The lowest BCUT2D eigenvalue weighted by Gasteiger charge is -2.20. The van der Waals surface area contributed by atoms with Crippen LogP contribution in [-0.4, -0.2) is 111 Å². The number of nitrogens with zero attached hydrogens (tertiary/aromatic N) is 6. The van der Waals surface area contributed by atoms with Crippen LogP contribution in [0.1, 0.15) is 102 Å². The molecule has 4 aromatic heterocycles. The number of amides is 4. The molecule has 18 heteroatoms. The highest BCUT2D eigenvalue weighted by atomic mass is 16.5. The highest BCUT2D eigenvalue weighted by Crippen LogP contribution is 2.57. The molecule has 2 unspecified atom stereocenters. The summed E-state index contributed by atoms with van der Waals surface area (Å²) in [5, 5.41) is 17.7. The Hall–Kier alpha value is -10.3. The smallest absolute Gasteiger partial charge is 0.262 e. The minimum atomic E-state index is -0.558. The molecular formula is C70H56N6O12. The van der Waals surface area contributed by atoms with Crippen molar-refractivity contribution in [3.05, 3.63) is 155 Å². The number of Topliss-reactive ketones (excluding diaryl/α,β-unsaturated/α-hetero) is 1. The normalized spacial score (nSPS) is 19.6. The van der Waals surface area contributed by atoms with Crippen LogP contribution in [0.15, 0.2) is 121 Å². The third kappa shape index (κ3) is 6.77. The largest absolute Gasteiger partial charge is 0.497 e. The summed E-state index contributed by atoms with van der Waals surface area (Å²) in [5.74, 6) is 2.85. The number of carbonyl (C=O) groups is 5. The summed E-state index contributed by atoms with van der Waals surface area (Å²) in [7, 11) is 9.67. The summed E-state index contributed by atoms with van der Waals surface area (Å²) >= 11 is 0. The number of carbonyl (C=O) groups excluding carboxylic acids is 5. The molecule has 2 aliphatic carbocycles. The van der Waals surface area contributed by atoms with Crippen LogP contribution in [0, 0.1) is 0 Å². The van der Waals surface area contributed by atoms with Gasteiger partial charge in [-0.05, 0) is 127 Å². The third-order valence-electron chi connectivity index (χ3n) is 19.8. The maximum absolute atomic E-state index is 14.6. The van der Waals surface area contributed by atoms with E-state index in [1.165, 1.54) is 9.80 Å². The summed E-state index contributed by atoms with van der Waals surface area (Å²) in [4.78, 5) is 74.5. The van der Waals surface area contributed by atoms with E-state index in [0.29, 0.717) is 81.4 Å². The van der Waals surface area contributed by atoms with E-state index < -0.39 is 6.10 Å². The van der Waals surface area contributed by atoms with Crippen LogP contribution in [0.4, 0.5) is 0 Å². The number of ketones is 1. The molecule has 8 aromatic carbocycles. The van der Waals surface area contributed by atoms with E-state index >= 15 is 0 Å². The number of hydrogen-bond acceptors (Lipinski definition) is 12. The van der Waals surface area contributed by atoms with Crippen molar-refractivity contribution in [1.29, 1.82) is 0 Å². The van der Waals surface area contributed by atoms with Gasteiger partial charge in [0.05, 0.1) is 124 Å². The molecule has 12 aromatic rings. The van der Waals surface area contributed by atoms with E-state index in [4.69, 9.17) is 28.4 Å². The molecule has 0 saturated heterocycles. The Morgan fingerprint density at radius 2 is 0.716 bits per heavy atom. The fourth-order valence-electron chi connectivity index (χ4n) is 16.0. The first kappa shape index (κ1) is 52.0. The Bertz CT molecular complexity index is 5180. The number of aliphatic hydroxyl groups is 1.